The Kier molecular flexibility index (Phi) is 6.94. The van der Waals surface area contributed by atoms with Gasteiger partial charge in [-0.25, -0.2) is 4.98 Å². The van der Waals surface area contributed by atoms with Gasteiger partial charge in [0.2, 0.25) is 11.8 Å². The van der Waals surface area contributed by atoms with Gasteiger partial charge in [-0.3, -0.25) is 4.79 Å². The average molecular weight is 400 g/mol. The monoisotopic (exact) mass is 399 g/mol. The predicted octanol–water partition coefficient (Wildman–Crippen LogP) is 4.21. The second kappa shape index (κ2) is 9.41. The molecule has 28 heavy (non-hydrogen) atoms. The number of ether oxygens (including phenoxy) is 1. The number of carbonyl (C=O) groups excluding carboxylic acids is 1. The van der Waals surface area contributed by atoms with Crippen LogP contribution in [0.15, 0.2) is 35.2 Å². The number of carbonyl (C=O) groups is 1. The summed E-state index contributed by atoms with van der Waals surface area (Å²) in [7, 11) is 0. The smallest absolute Gasteiger partial charge is 0.226 e. The molecular weight excluding hydrogens is 370 g/mol. The molecule has 0 atom stereocenters. The summed E-state index contributed by atoms with van der Waals surface area (Å²) >= 11 is 1.84. The van der Waals surface area contributed by atoms with Crippen molar-refractivity contribution in [3.05, 3.63) is 47.4 Å². The van der Waals surface area contributed by atoms with Gasteiger partial charge in [-0.1, -0.05) is 26.0 Å². The Morgan fingerprint density at radius 1 is 1.18 bits per heavy atom. The van der Waals surface area contributed by atoms with Gasteiger partial charge in [-0.2, -0.15) is 4.98 Å². The summed E-state index contributed by atoms with van der Waals surface area (Å²) in [5.74, 6) is 1.55. The summed E-state index contributed by atoms with van der Waals surface area (Å²) in [5, 5.41) is 0.561. The third kappa shape index (κ3) is 5.96. The van der Waals surface area contributed by atoms with E-state index >= 15 is 0 Å². The van der Waals surface area contributed by atoms with Gasteiger partial charge in [0, 0.05) is 47.8 Å². The molecule has 3 rings (SSSR count). The molecule has 150 valence electrons. The predicted molar refractivity (Wildman–Crippen MR) is 113 cm³/mol. The zero-order valence-electron chi connectivity index (χ0n) is 17.1. The highest BCUT2D eigenvalue weighted by atomic mass is 32.2. The lowest BCUT2D eigenvalue weighted by atomic mass is 10.1. The molecule has 0 saturated carbocycles. The second-order valence-electron chi connectivity index (χ2n) is 7.58. The van der Waals surface area contributed by atoms with E-state index in [2.05, 4.69) is 48.1 Å². The minimum Gasteiger partial charge on any atom is -0.474 e. The van der Waals surface area contributed by atoms with Crippen LogP contribution in [0.4, 0.5) is 0 Å². The van der Waals surface area contributed by atoms with E-state index in [0.717, 1.165) is 43.0 Å². The van der Waals surface area contributed by atoms with Crippen LogP contribution in [0.2, 0.25) is 0 Å². The molecule has 0 unspecified atom stereocenters. The Morgan fingerprint density at radius 3 is 2.46 bits per heavy atom. The Balaban J connectivity index is 1.48. The number of hydrogen-bond donors (Lipinski definition) is 0. The quantitative estimate of drug-likeness (QED) is 0.681. The summed E-state index contributed by atoms with van der Waals surface area (Å²) in [5.41, 5.74) is 1.98. The molecule has 1 aliphatic rings. The standard InChI is InChI=1S/C22H29N3O2S/c1-15(2)28-20-7-5-18(6-8-20)14-22(26)25-11-9-19(10-12-25)27-21-13-16(3)23-17(4)24-21/h5-8,13,15,19H,9-12,14H2,1-4H3. The number of piperidine rings is 1. The van der Waals surface area contributed by atoms with Crippen LogP contribution in [-0.2, 0) is 11.2 Å². The van der Waals surface area contributed by atoms with Gasteiger partial charge >= 0.3 is 0 Å². The van der Waals surface area contributed by atoms with E-state index in [9.17, 15) is 4.79 Å². The number of aromatic nitrogens is 2. The van der Waals surface area contributed by atoms with Crippen LogP contribution in [0.1, 0.15) is 43.8 Å². The van der Waals surface area contributed by atoms with Crippen LogP contribution in [0.3, 0.4) is 0 Å². The first kappa shape index (κ1) is 20.6. The zero-order valence-corrected chi connectivity index (χ0v) is 18.0. The minimum atomic E-state index is 0.102. The highest BCUT2D eigenvalue weighted by Crippen LogP contribution is 2.23. The molecule has 5 nitrogen and oxygen atoms in total. The number of nitrogens with zero attached hydrogens (tertiary/aromatic N) is 3. The van der Waals surface area contributed by atoms with Crippen molar-refractivity contribution >= 4 is 17.7 Å². The van der Waals surface area contributed by atoms with E-state index in [1.807, 2.05) is 36.6 Å². The van der Waals surface area contributed by atoms with Crippen molar-refractivity contribution in [3.8, 4) is 5.88 Å². The topological polar surface area (TPSA) is 55.3 Å². The van der Waals surface area contributed by atoms with Crippen LogP contribution in [0.25, 0.3) is 0 Å². The summed E-state index contributed by atoms with van der Waals surface area (Å²) in [4.78, 5) is 24.5. The van der Waals surface area contributed by atoms with Crippen molar-refractivity contribution in [1.29, 1.82) is 0 Å². The van der Waals surface area contributed by atoms with Gasteiger partial charge in [0.05, 0.1) is 6.42 Å². The maximum atomic E-state index is 12.6. The number of thioether (sulfide) groups is 1. The lowest BCUT2D eigenvalue weighted by molar-refractivity contribution is -0.132. The maximum Gasteiger partial charge on any atom is 0.226 e. The zero-order chi connectivity index (χ0) is 20.1. The van der Waals surface area contributed by atoms with Gasteiger partial charge in [-0.15, -0.1) is 11.8 Å². The fourth-order valence-electron chi connectivity index (χ4n) is 3.38. The maximum absolute atomic E-state index is 12.6. The van der Waals surface area contributed by atoms with E-state index in [4.69, 9.17) is 4.74 Å². The normalized spacial score (nSPS) is 15.1. The molecule has 1 fully saturated rings. The van der Waals surface area contributed by atoms with E-state index in [1.165, 1.54) is 4.90 Å². The molecule has 1 aromatic heterocycles. The summed E-state index contributed by atoms with van der Waals surface area (Å²) < 4.78 is 6.02. The Morgan fingerprint density at radius 2 is 1.86 bits per heavy atom. The van der Waals surface area contributed by atoms with E-state index in [-0.39, 0.29) is 12.0 Å². The van der Waals surface area contributed by atoms with Gasteiger partial charge in [0.25, 0.3) is 0 Å². The van der Waals surface area contributed by atoms with Crippen molar-refractivity contribution in [3.63, 3.8) is 0 Å². The van der Waals surface area contributed by atoms with Crippen LogP contribution >= 0.6 is 11.8 Å². The highest BCUT2D eigenvalue weighted by molar-refractivity contribution is 7.99. The molecule has 0 spiro atoms. The van der Waals surface area contributed by atoms with Crippen molar-refractivity contribution in [2.75, 3.05) is 13.1 Å². The molecule has 6 heteroatoms. The summed E-state index contributed by atoms with van der Waals surface area (Å²) in [6, 6.07) is 10.2. The number of likely N-dealkylation sites (tertiary alicyclic amines) is 1. The van der Waals surface area contributed by atoms with Gasteiger partial charge in [0.1, 0.15) is 11.9 Å². The first-order valence-electron chi connectivity index (χ1n) is 9.91. The number of benzene rings is 1. The van der Waals surface area contributed by atoms with Crippen LogP contribution in [-0.4, -0.2) is 45.2 Å². The van der Waals surface area contributed by atoms with Gasteiger partial charge in [-0.05, 0) is 31.5 Å². The lowest BCUT2D eigenvalue weighted by Crippen LogP contribution is -2.42. The molecule has 2 aromatic rings. The first-order chi connectivity index (χ1) is 13.4. The molecule has 1 amide bonds. The van der Waals surface area contributed by atoms with Crippen molar-refractivity contribution < 1.29 is 9.53 Å². The molecular formula is C22H29N3O2S. The molecule has 0 bridgehead atoms. The number of aryl methyl sites for hydroxylation is 2. The lowest BCUT2D eigenvalue weighted by Gasteiger charge is -2.32. The number of hydrogen-bond acceptors (Lipinski definition) is 5. The van der Waals surface area contributed by atoms with Gasteiger partial charge < -0.3 is 9.64 Å². The molecule has 1 aromatic carbocycles. The second-order valence-corrected chi connectivity index (χ2v) is 9.23. The average Bonchev–Trinajstić information content (AvgIpc) is 2.62. The summed E-state index contributed by atoms with van der Waals surface area (Å²) in [6.45, 7) is 9.64. The molecule has 0 aliphatic carbocycles. The van der Waals surface area contributed by atoms with Crippen molar-refractivity contribution in [1.82, 2.24) is 14.9 Å². The van der Waals surface area contributed by atoms with Crippen molar-refractivity contribution in [2.45, 2.75) is 63.2 Å². The van der Waals surface area contributed by atoms with Gasteiger partial charge in [0.15, 0.2) is 0 Å². The molecule has 0 N–H and O–H groups in total. The molecule has 1 aliphatic heterocycles. The fraction of sp³-hybridized carbons (Fsp3) is 0.500. The Labute approximate surface area is 171 Å². The van der Waals surface area contributed by atoms with E-state index < -0.39 is 0 Å². The van der Waals surface area contributed by atoms with Crippen LogP contribution in [0.5, 0.6) is 5.88 Å². The highest BCUT2D eigenvalue weighted by Gasteiger charge is 2.24. The minimum absolute atomic E-state index is 0.102. The Hall–Kier alpha value is -2.08. The largest absolute Gasteiger partial charge is 0.474 e. The molecule has 2 heterocycles. The molecule has 1 saturated heterocycles. The van der Waals surface area contributed by atoms with Crippen LogP contribution in [0, 0.1) is 13.8 Å². The van der Waals surface area contributed by atoms with E-state index in [0.29, 0.717) is 17.6 Å². The fourth-order valence-corrected chi connectivity index (χ4v) is 4.22. The van der Waals surface area contributed by atoms with E-state index in [1.54, 1.807) is 0 Å². The third-order valence-electron chi connectivity index (χ3n) is 4.68. The van der Waals surface area contributed by atoms with Crippen LogP contribution < -0.4 is 4.74 Å². The Bertz CT molecular complexity index is 780. The molecule has 0 radical (unpaired) electrons. The third-order valence-corrected chi connectivity index (χ3v) is 5.69. The SMILES string of the molecule is Cc1cc(OC2CCN(C(=O)Cc3ccc(SC(C)C)cc3)CC2)nc(C)n1. The number of rotatable bonds is 6. The summed E-state index contributed by atoms with van der Waals surface area (Å²) in [6.07, 6.45) is 2.23. The first-order valence-corrected chi connectivity index (χ1v) is 10.8. The number of amides is 1. The van der Waals surface area contributed by atoms with Crippen molar-refractivity contribution in [2.24, 2.45) is 0 Å².